The second-order valence-electron chi connectivity index (χ2n) is 4.29. The number of aromatic nitrogens is 1. The maximum Gasteiger partial charge on any atom is 0.338 e. The third-order valence-corrected chi connectivity index (χ3v) is 3.74. The van der Waals surface area contributed by atoms with Gasteiger partial charge in [0.05, 0.1) is 23.5 Å². The number of carboxylic acids is 1. The lowest BCUT2D eigenvalue weighted by molar-refractivity contribution is 0.0694. The van der Waals surface area contributed by atoms with Gasteiger partial charge in [-0.3, -0.25) is 0 Å². The number of nitrogens with one attached hydrogen (secondary N) is 1. The van der Waals surface area contributed by atoms with Crippen LogP contribution < -0.4 is 5.32 Å². The Labute approximate surface area is 121 Å². The van der Waals surface area contributed by atoms with Crippen LogP contribution in [0.3, 0.4) is 0 Å². The van der Waals surface area contributed by atoms with Crippen LogP contribution in [0, 0.1) is 13.8 Å². The minimum absolute atomic E-state index is 0.278. The Morgan fingerprint density at radius 2 is 2.20 bits per heavy atom. The third-order valence-electron chi connectivity index (χ3n) is 2.96. The number of aromatic carboxylic acids is 1. The van der Waals surface area contributed by atoms with Crippen molar-refractivity contribution in [2.75, 3.05) is 11.6 Å². The van der Waals surface area contributed by atoms with E-state index < -0.39 is 5.97 Å². The normalized spacial score (nSPS) is 10.6. The van der Waals surface area contributed by atoms with Crippen LogP contribution in [0.15, 0.2) is 27.5 Å². The molecular weight excluding hydrogens is 276 g/mol. The van der Waals surface area contributed by atoms with Gasteiger partial charge >= 0.3 is 5.97 Å². The molecule has 0 radical (unpaired) electrons. The second-order valence-corrected chi connectivity index (χ2v) is 5.14. The number of hydrogen-bond donors (Lipinski definition) is 2. The highest BCUT2D eigenvalue weighted by atomic mass is 32.2. The Morgan fingerprint density at radius 3 is 2.75 bits per heavy atom. The molecule has 0 aliphatic carbocycles. The number of rotatable bonds is 5. The summed E-state index contributed by atoms with van der Waals surface area (Å²) in [6.07, 6.45) is 1.85. The van der Waals surface area contributed by atoms with Crippen molar-refractivity contribution in [2.24, 2.45) is 0 Å². The Morgan fingerprint density at radius 1 is 1.45 bits per heavy atom. The molecule has 0 unspecified atom stereocenters. The predicted octanol–water partition coefficient (Wildman–Crippen LogP) is 3.32. The van der Waals surface area contributed by atoms with Crippen LogP contribution in [0.1, 0.15) is 27.7 Å². The maximum absolute atomic E-state index is 11.4. The number of nitrogens with zero attached hydrogens (tertiary/aromatic N) is 1. The fraction of sp³-hybridized carbons (Fsp3) is 0.286. The first-order chi connectivity index (χ1) is 9.52. The van der Waals surface area contributed by atoms with Crippen molar-refractivity contribution in [3.8, 4) is 0 Å². The molecule has 2 N–H and O–H groups in total. The maximum atomic E-state index is 11.4. The van der Waals surface area contributed by atoms with E-state index in [0.717, 1.165) is 16.3 Å². The first-order valence-corrected chi connectivity index (χ1v) is 7.32. The average molecular weight is 292 g/mol. The molecule has 0 bridgehead atoms. The van der Waals surface area contributed by atoms with E-state index in [1.54, 1.807) is 12.1 Å². The van der Waals surface area contributed by atoms with Crippen LogP contribution in [0.5, 0.6) is 0 Å². The fourth-order valence-corrected chi connectivity index (χ4v) is 2.47. The first kappa shape index (κ1) is 14.5. The van der Waals surface area contributed by atoms with E-state index in [4.69, 9.17) is 4.42 Å². The van der Waals surface area contributed by atoms with Crippen LogP contribution in [-0.4, -0.2) is 22.3 Å². The van der Waals surface area contributed by atoms with Crippen molar-refractivity contribution < 1.29 is 14.3 Å². The zero-order valence-electron chi connectivity index (χ0n) is 11.6. The largest absolute Gasteiger partial charge is 0.478 e. The molecule has 1 heterocycles. The highest BCUT2D eigenvalue weighted by Crippen LogP contribution is 2.27. The third kappa shape index (κ3) is 2.96. The molecule has 1 aromatic heterocycles. The molecule has 2 aromatic rings. The van der Waals surface area contributed by atoms with E-state index in [0.29, 0.717) is 18.1 Å². The molecular formula is C14H16N2O3S. The number of aryl methyl sites for hydroxylation is 2. The van der Waals surface area contributed by atoms with Gasteiger partial charge in [-0.15, -0.1) is 11.8 Å². The van der Waals surface area contributed by atoms with Gasteiger partial charge in [0, 0.05) is 4.90 Å². The van der Waals surface area contributed by atoms with Gasteiger partial charge in [-0.05, 0) is 32.2 Å². The van der Waals surface area contributed by atoms with Crippen LogP contribution in [-0.2, 0) is 6.54 Å². The molecule has 6 heteroatoms. The summed E-state index contributed by atoms with van der Waals surface area (Å²) in [6.45, 7) is 4.08. The number of benzene rings is 1. The van der Waals surface area contributed by atoms with Crippen molar-refractivity contribution in [3.63, 3.8) is 0 Å². The van der Waals surface area contributed by atoms with Crippen LogP contribution in [0.25, 0.3) is 0 Å². The van der Waals surface area contributed by atoms with Crippen LogP contribution >= 0.6 is 11.8 Å². The summed E-state index contributed by atoms with van der Waals surface area (Å²) in [5.74, 6) is 0.376. The Kier molecular flexibility index (Phi) is 4.34. The van der Waals surface area contributed by atoms with Gasteiger partial charge in [0.1, 0.15) is 5.76 Å². The van der Waals surface area contributed by atoms with Gasteiger partial charge in [0.25, 0.3) is 0 Å². The lowest BCUT2D eigenvalue weighted by Crippen LogP contribution is -2.08. The van der Waals surface area contributed by atoms with Gasteiger partial charge in [-0.2, -0.15) is 0 Å². The first-order valence-electron chi connectivity index (χ1n) is 6.10. The SMILES string of the molecule is CSc1cccc(NCc2nc(C)c(C)o2)c1C(=O)O. The van der Waals surface area contributed by atoms with Crippen molar-refractivity contribution in [1.29, 1.82) is 0 Å². The van der Waals surface area contributed by atoms with Gasteiger partial charge in [0.15, 0.2) is 0 Å². The number of oxazole rings is 1. The molecule has 0 atom stereocenters. The molecule has 0 aliphatic heterocycles. The number of anilines is 1. The lowest BCUT2D eigenvalue weighted by atomic mass is 10.2. The van der Waals surface area contributed by atoms with E-state index in [1.807, 2.05) is 26.2 Å². The molecule has 5 nitrogen and oxygen atoms in total. The van der Waals surface area contributed by atoms with Gasteiger partial charge < -0.3 is 14.8 Å². The smallest absolute Gasteiger partial charge is 0.338 e. The van der Waals surface area contributed by atoms with Crippen molar-refractivity contribution in [1.82, 2.24) is 4.98 Å². The lowest BCUT2D eigenvalue weighted by Gasteiger charge is -2.11. The minimum Gasteiger partial charge on any atom is -0.478 e. The quantitative estimate of drug-likeness (QED) is 0.823. The highest BCUT2D eigenvalue weighted by molar-refractivity contribution is 7.98. The monoisotopic (exact) mass is 292 g/mol. The van der Waals surface area contributed by atoms with Crippen molar-refractivity contribution >= 4 is 23.4 Å². The summed E-state index contributed by atoms with van der Waals surface area (Å²) in [5, 5.41) is 12.4. The Hall–Kier alpha value is -1.95. The number of thioether (sulfide) groups is 1. The molecule has 0 aliphatic rings. The molecule has 0 saturated carbocycles. The Balaban J connectivity index is 2.23. The number of carboxylic acid groups (broad SMARTS) is 1. The van der Waals surface area contributed by atoms with Crippen molar-refractivity contribution in [2.45, 2.75) is 25.3 Å². The van der Waals surface area contributed by atoms with Crippen molar-refractivity contribution in [3.05, 3.63) is 41.1 Å². The number of hydrogen-bond acceptors (Lipinski definition) is 5. The molecule has 1 aromatic carbocycles. The minimum atomic E-state index is -0.947. The highest BCUT2D eigenvalue weighted by Gasteiger charge is 2.15. The number of carbonyl (C=O) groups is 1. The van der Waals surface area contributed by atoms with E-state index in [1.165, 1.54) is 11.8 Å². The fourth-order valence-electron chi connectivity index (χ4n) is 1.85. The molecule has 2 rings (SSSR count). The van der Waals surface area contributed by atoms with Gasteiger partial charge in [-0.25, -0.2) is 9.78 Å². The van der Waals surface area contributed by atoms with E-state index in [-0.39, 0.29) is 5.56 Å². The topological polar surface area (TPSA) is 75.4 Å². The summed E-state index contributed by atoms with van der Waals surface area (Å²) < 4.78 is 5.47. The summed E-state index contributed by atoms with van der Waals surface area (Å²) in [7, 11) is 0. The average Bonchev–Trinajstić information content (AvgIpc) is 2.74. The van der Waals surface area contributed by atoms with Crippen LogP contribution in [0.4, 0.5) is 5.69 Å². The molecule has 20 heavy (non-hydrogen) atoms. The van der Waals surface area contributed by atoms with E-state index >= 15 is 0 Å². The summed E-state index contributed by atoms with van der Waals surface area (Å²) in [4.78, 5) is 16.4. The standard InChI is InChI=1S/C14H16N2O3S/c1-8-9(2)19-12(16-8)7-15-10-5-4-6-11(20-3)13(10)14(17)18/h4-6,15H,7H2,1-3H3,(H,17,18). The van der Waals surface area contributed by atoms with E-state index in [9.17, 15) is 9.90 Å². The summed E-state index contributed by atoms with van der Waals surface area (Å²) >= 11 is 1.41. The van der Waals surface area contributed by atoms with E-state index in [2.05, 4.69) is 10.3 Å². The summed E-state index contributed by atoms with van der Waals surface area (Å²) in [5.41, 5.74) is 1.69. The van der Waals surface area contributed by atoms with Gasteiger partial charge in [-0.1, -0.05) is 6.07 Å². The zero-order valence-corrected chi connectivity index (χ0v) is 12.4. The Bertz CT molecular complexity index is 618. The molecule has 106 valence electrons. The molecule has 0 fully saturated rings. The summed E-state index contributed by atoms with van der Waals surface area (Å²) in [6, 6.07) is 5.36. The second kappa shape index (κ2) is 6.00. The van der Waals surface area contributed by atoms with Gasteiger partial charge in [0.2, 0.25) is 5.89 Å². The predicted molar refractivity (Wildman–Crippen MR) is 78.5 cm³/mol. The molecule has 0 spiro atoms. The molecule has 0 saturated heterocycles. The zero-order chi connectivity index (χ0) is 14.7. The van der Waals surface area contributed by atoms with Crippen LogP contribution in [0.2, 0.25) is 0 Å². The molecule has 0 amide bonds.